The Hall–Kier alpha value is -2.64. The van der Waals surface area contributed by atoms with Gasteiger partial charge < -0.3 is 0 Å². The summed E-state index contributed by atoms with van der Waals surface area (Å²) < 4.78 is 0. The molecule has 122 valence electrons. The van der Waals surface area contributed by atoms with Crippen LogP contribution >= 0.6 is 11.6 Å². The second kappa shape index (κ2) is 6.34. The molecule has 0 heterocycles. The topological polar surface area (TPSA) is 17.1 Å². The molecule has 25 heavy (non-hydrogen) atoms. The molecule has 2 heteroatoms. The van der Waals surface area contributed by atoms with Gasteiger partial charge in [-0.2, -0.15) is 0 Å². The number of carbonyl (C=O) groups excluding carboxylic acids is 1. The molecule has 3 aromatic rings. The van der Waals surface area contributed by atoms with Gasteiger partial charge in [-0.25, -0.2) is 0 Å². The molecule has 1 atom stereocenters. The molecule has 0 saturated heterocycles. The van der Waals surface area contributed by atoms with Crippen molar-refractivity contribution in [3.8, 4) is 0 Å². The van der Waals surface area contributed by atoms with E-state index in [1.807, 2.05) is 54.6 Å². The van der Waals surface area contributed by atoms with Crippen molar-refractivity contribution in [3.05, 3.63) is 111 Å². The molecule has 0 spiro atoms. The van der Waals surface area contributed by atoms with E-state index in [0.717, 1.165) is 5.56 Å². The third-order valence-electron chi connectivity index (χ3n) is 4.75. The number of ketones is 1. The van der Waals surface area contributed by atoms with E-state index in [1.54, 1.807) is 6.07 Å². The molecule has 0 aliphatic heterocycles. The number of hydrogen-bond donors (Lipinski definition) is 0. The fraction of sp³-hybridized carbons (Fsp3) is 0.0870. The highest BCUT2D eigenvalue weighted by atomic mass is 35.5. The van der Waals surface area contributed by atoms with Crippen LogP contribution in [0.1, 0.15) is 45.5 Å². The van der Waals surface area contributed by atoms with Gasteiger partial charge in [0.25, 0.3) is 0 Å². The lowest BCUT2D eigenvalue weighted by Crippen LogP contribution is -2.10. The highest BCUT2D eigenvalue weighted by Gasteiger charge is 2.28. The molecule has 0 saturated carbocycles. The lowest BCUT2D eigenvalue weighted by atomic mass is 9.84. The van der Waals surface area contributed by atoms with Crippen LogP contribution in [0, 0.1) is 0 Å². The lowest BCUT2D eigenvalue weighted by molar-refractivity contribution is 0.103. The Balaban J connectivity index is 1.87. The van der Waals surface area contributed by atoms with E-state index in [2.05, 4.69) is 25.1 Å². The Morgan fingerprint density at radius 3 is 2.40 bits per heavy atom. The SMILES string of the molecule is CC1=Cc2ccccc2C1c1ccc(Cl)cc1C(=O)c1ccccc1. The molecular formula is C23H17ClO. The van der Waals surface area contributed by atoms with E-state index in [-0.39, 0.29) is 11.7 Å². The maximum Gasteiger partial charge on any atom is 0.193 e. The molecule has 4 rings (SSSR count). The molecule has 0 N–H and O–H groups in total. The Kier molecular flexibility index (Phi) is 4.03. The fourth-order valence-corrected chi connectivity index (χ4v) is 3.79. The van der Waals surface area contributed by atoms with Gasteiger partial charge in [0.2, 0.25) is 0 Å². The standard InChI is InChI=1S/C23H17ClO/c1-15-13-17-9-5-6-10-19(17)22(15)20-12-11-18(24)14-21(20)23(25)16-7-3-2-4-8-16/h2-14,22H,1H3. The Morgan fingerprint density at radius 2 is 1.60 bits per heavy atom. The minimum atomic E-state index is 0.00952. The number of carbonyl (C=O) groups is 1. The predicted octanol–water partition coefficient (Wildman–Crippen LogP) is 6.12. The average molecular weight is 345 g/mol. The van der Waals surface area contributed by atoms with Crippen molar-refractivity contribution in [2.75, 3.05) is 0 Å². The second-order valence-corrected chi connectivity index (χ2v) is 6.81. The first-order valence-electron chi connectivity index (χ1n) is 8.31. The molecule has 3 aromatic carbocycles. The van der Waals surface area contributed by atoms with E-state index in [9.17, 15) is 4.79 Å². The van der Waals surface area contributed by atoms with Crippen LogP contribution < -0.4 is 0 Å². The third kappa shape index (κ3) is 2.81. The first kappa shape index (κ1) is 15.9. The van der Waals surface area contributed by atoms with E-state index < -0.39 is 0 Å². The molecule has 0 bridgehead atoms. The number of fused-ring (bicyclic) bond motifs is 1. The van der Waals surface area contributed by atoms with Gasteiger partial charge in [-0.15, -0.1) is 0 Å². The monoisotopic (exact) mass is 344 g/mol. The molecule has 1 nitrogen and oxygen atoms in total. The Morgan fingerprint density at radius 1 is 0.880 bits per heavy atom. The summed E-state index contributed by atoms with van der Waals surface area (Å²) in [6.07, 6.45) is 2.20. The van der Waals surface area contributed by atoms with Crippen LogP contribution in [0.4, 0.5) is 0 Å². The summed E-state index contributed by atoms with van der Waals surface area (Å²) in [7, 11) is 0. The predicted molar refractivity (Wildman–Crippen MR) is 103 cm³/mol. The normalized spacial score (nSPS) is 15.6. The zero-order valence-electron chi connectivity index (χ0n) is 13.9. The van der Waals surface area contributed by atoms with Gasteiger partial charge in [0.05, 0.1) is 0 Å². The summed E-state index contributed by atoms with van der Waals surface area (Å²) in [6, 6.07) is 23.4. The van der Waals surface area contributed by atoms with E-state index in [4.69, 9.17) is 11.6 Å². The molecule has 0 fully saturated rings. The quantitative estimate of drug-likeness (QED) is 0.523. The highest BCUT2D eigenvalue weighted by Crippen LogP contribution is 2.42. The van der Waals surface area contributed by atoms with Crippen molar-refractivity contribution in [2.45, 2.75) is 12.8 Å². The number of benzene rings is 3. The van der Waals surface area contributed by atoms with Crippen molar-refractivity contribution < 1.29 is 4.79 Å². The largest absolute Gasteiger partial charge is 0.289 e. The van der Waals surface area contributed by atoms with Crippen molar-refractivity contribution >= 4 is 23.5 Å². The molecule has 1 unspecified atom stereocenters. The Labute approximate surface area is 152 Å². The van der Waals surface area contributed by atoms with Crippen molar-refractivity contribution in [1.29, 1.82) is 0 Å². The van der Waals surface area contributed by atoms with Crippen LogP contribution in [0.3, 0.4) is 0 Å². The molecule has 0 amide bonds. The highest BCUT2D eigenvalue weighted by molar-refractivity contribution is 6.31. The van der Waals surface area contributed by atoms with Crippen LogP contribution in [-0.2, 0) is 0 Å². The van der Waals surface area contributed by atoms with Crippen molar-refractivity contribution in [1.82, 2.24) is 0 Å². The summed E-state index contributed by atoms with van der Waals surface area (Å²) in [5, 5.41) is 0.580. The maximum atomic E-state index is 13.1. The van der Waals surface area contributed by atoms with Crippen LogP contribution in [0.25, 0.3) is 6.08 Å². The molecule has 1 aliphatic carbocycles. The first-order chi connectivity index (χ1) is 12.1. The molecule has 0 radical (unpaired) electrons. The van der Waals surface area contributed by atoms with E-state index in [0.29, 0.717) is 16.1 Å². The van der Waals surface area contributed by atoms with Crippen molar-refractivity contribution in [3.63, 3.8) is 0 Å². The summed E-state index contributed by atoms with van der Waals surface area (Å²) in [5.74, 6) is 0.103. The van der Waals surface area contributed by atoms with Crippen LogP contribution in [0.15, 0.2) is 78.4 Å². The van der Waals surface area contributed by atoms with Gasteiger partial charge in [0, 0.05) is 22.1 Å². The second-order valence-electron chi connectivity index (χ2n) is 6.38. The first-order valence-corrected chi connectivity index (χ1v) is 8.69. The number of allylic oxidation sites excluding steroid dienone is 1. The Bertz CT molecular complexity index is 986. The summed E-state index contributed by atoms with van der Waals surface area (Å²) in [4.78, 5) is 13.1. The zero-order chi connectivity index (χ0) is 17.4. The number of halogens is 1. The number of rotatable bonds is 3. The molecule has 0 aromatic heterocycles. The summed E-state index contributed by atoms with van der Waals surface area (Å²) in [5.41, 5.74) is 6.07. The zero-order valence-corrected chi connectivity index (χ0v) is 14.6. The maximum absolute atomic E-state index is 13.1. The van der Waals surface area contributed by atoms with Gasteiger partial charge in [-0.05, 0) is 35.7 Å². The molecule has 1 aliphatic rings. The fourth-order valence-electron chi connectivity index (χ4n) is 3.61. The van der Waals surface area contributed by atoms with Gasteiger partial charge in [-0.1, -0.05) is 83.9 Å². The van der Waals surface area contributed by atoms with E-state index >= 15 is 0 Å². The minimum Gasteiger partial charge on any atom is -0.289 e. The van der Waals surface area contributed by atoms with Crippen molar-refractivity contribution in [2.24, 2.45) is 0 Å². The summed E-state index contributed by atoms with van der Waals surface area (Å²) in [6.45, 7) is 2.12. The average Bonchev–Trinajstić information content (AvgIpc) is 2.97. The van der Waals surface area contributed by atoms with Gasteiger partial charge in [0.15, 0.2) is 5.78 Å². The van der Waals surface area contributed by atoms with Crippen LogP contribution in [0.5, 0.6) is 0 Å². The van der Waals surface area contributed by atoms with Gasteiger partial charge in [-0.3, -0.25) is 4.79 Å². The van der Waals surface area contributed by atoms with E-state index in [1.165, 1.54) is 16.7 Å². The molecular weight excluding hydrogens is 328 g/mol. The lowest BCUT2D eigenvalue weighted by Gasteiger charge is -2.19. The minimum absolute atomic E-state index is 0.00952. The van der Waals surface area contributed by atoms with Gasteiger partial charge >= 0.3 is 0 Å². The summed E-state index contributed by atoms with van der Waals surface area (Å²) >= 11 is 6.22. The van der Waals surface area contributed by atoms with Gasteiger partial charge in [0.1, 0.15) is 0 Å². The number of hydrogen-bond acceptors (Lipinski definition) is 1. The van der Waals surface area contributed by atoms with Crippen LogP contribution in [-0.4, -0.2) is 5.78 Å². The smallest absolute Gasteiger partial charge is 0.193 e. The third-order valence-corrected chi connectivity index (χ3v) is 4.99. The van der Waals surface area contributed by atoms with Crippen LogP contribution in [0.2, 0.25) is 5.02 Å².